The third-order valence-corrected chi connectivity index (χ3v) is 2.78. The zero-order valence-electron chi connectivity index (χ0n) is 8.65. The van der Waals surface area contributed by atoms with Crippen molar-refractivity contribution in [1.82, 2.24) is 0 Å². The van der Waals surface area contributed by atoms with Gasteiger partial charge in [-0.2, -0.15) is 0 Å². The van der Waals surface area contributed by atoms with Crippen molar-refractivity contribution >= 4 is 23.0 Å². The first-order chi connectivity index (χ1) is 6.50. The second kappa shape index (κ2) is 4.46. The molecule has 0 saturated heterocycles. The van der Waals surface area contributed by atoms with Crippen LogP contribution in [-0.2, 0) is 0 Å². The minimum atomic E-state index is -0.848. The predicted molar refractivity (Wildman–Crippen MR) is 59.4 cm³/mol. The van der Waals surface area contributed by atoms with E-state index in [-0.39, 0.29) is 0 Å². The largest absolute Gasteiger partial charge is 0.477 e. The molecule has 1 aromatic rings. The second-order valence-corrected chi connectivity index (χ2v) is 4.66. The first kappa shape index (κ1) is 11.0. The Bertz CT molecular complexity index is 320. The molecule has 0 atom stereocenters. The Morgan fingerprint density at radius 1 is 1.64 bits per heavy atom. The molecule has 1 heterocycles. The van der Waals surface area contributed by atoms with Gasteiger partial charge in [-0.15, -0.1) is 11.3 Å². The number of anilines is 1. The molecule has 0 spiro atoms. The fourth-order valence-electron chi connectivity index (χ4n) is 1.29. The fraction of sp³-hybridized carbons (Fsp3) is 0.500. The van der Waals surface area contributed by atoms with Crippen molar-refractivity contribution < 1.29 is 9.90 Å². The highest BCUT2D eigenvalue weighted by Gasteiger charge is 2.10. The van der Waals surface area contributed by atoms with Crippen molar-refractivity contribution in [2.24, 2.45) is 5.92 Å². The smallest absolute Gasteiger partial charge is 0.345 e. The number of nitrogens with zero attached hydrogens (tertiary/aromatic N) is 1. The van der Waals surface area contributed by atoms with Crippen LogP contribution in [0.1, 0.15) is 23.5 Å². The lowest BCUT2D eigenvalue weighted by atomic mass is 10.2. The van der Waals surface area contributed by atoms with Gasteiger partial charge in [0.1, 0.15) is 4.88 Å². The molecule has 0 aliphatic carbocycles. The van der Waals surface area contributed by atoms with Crippen LogP contribution >= 0.6 is 11.3 Å². The molecule has 14 heavy (non-hydrogen) atoms. The molecular weight excluding hydrogens is 198 g/mol. The van der Waals surface area contributed by atoms with E-state index in [2.05, 4.69) is 18.7 Å². The quantitative estimate of drug-likeness (QED) is 0.835. The molecule has 0 fully saturated rings. The topological polar surface area (TPSA) is 40.5 Å². The molecular formula is C10H15NO2S. The van der Waals surface area contributed by atoms with Gasteiger partial charge in [0.05, 0.1) is 0 Å². The average molecular weight is 213 g/mol. The van der Waals surface area contributed by atoms with Gasteiger partial charge in [0.2, 0.25) is 0 Å². The van der Waals surface area contributed by atoms with Gasteiger partial charge in [-0.1, -0.05) is 13.8 Å². The van der Waals surface area contributed by atoms with E-state index in [0.29, 0.717) is 10.8 Å². The fourth-order valence-corrected chi connectivity index (χ4v) is 2.08. The summed E-state index contributed by atoms with van der Waals surface area (Å²) in [5.74, 6) is -0.271. The summed E-state index contributed by atoms with van der Waals surface area (Å²) in [7, 11) is 1.98. The molecule has 0 amide bonds. The highest BCUT2D eigenvalue weighted by Crippen LogP contribution is 2.22. The Hall–Kier alpha value is -1.03. The number of carboxylic acids is 1. The van der Waals surface area contributed by atoms with Crippen LogP contribution in [-0.4, -0.2) is 24.7 Å². The van der Waals surface area contributed by atoms with Crippen LogP contribution in [0.15, 0.2) is 11.4 Å². The molecule has 1 aromatic heterocycles. The van der Waals surface area contributed by atoms with Crippen molar-refractivity contribution in [2.45, 2.75) is 13.8 Å². The standard InChI is InChI=1S/C10H15NO2S/c1-7(2)5-11(3)8-4-9(10(12)13)14-6-8/h4,6-7H,5H2,1-3H3,(H,12,13). The van der Waals surface area contributed by atoms with E-state index in [9.17, 15) is 4.79 Å². The maximum atomic E-state index is 10.7. The van der Waals surface area contributed by atoms with Gasteiger partial charge in [-0.25, -0.2) is 4.79 Å². The normalized spacial score (nSPS) is 10.6. The summed E-state index contributed by atoms with van der Waals surface area (Å²) in [5, 5.41) is 10.6. The van der Waals surface area contributed by atoms with Gasteiger partial charge in [-0.3, -0.25) is 0 Å². The Balaban J connectivity index is 2.71. The van der Waals surface area contributed by atoms with Crippen LogP contribution in [0, 0.1) is 5.92 Å². The average Bonchev–Trinajstić information content (AvgIpc) is 2.50. The Morgan fingerprint density at radius 3 is 2.71 bits per heavy atom. The first-order valence-electron chi connectivity index (χ1n) is 4.53. The van der Waals surface area contributed by atoms with Crippen molar-refractivity contribution in [3.05, 3.63) is 16.3 Å². The Kier molecular flexibility index (Phi) is 3.52. The molecule has 0 radical (unpaired) electrons. The third kappa shape index (κ3) is 2.73. The highest BCUT2D eigenvalue weighted by atomic mass is 32.1. The van der Waals surface area contributed by atoms with Crippen LogP contribution < -0.4 is 4.90 Å². The van der Waals surface area contributed by atoms with E-state index >= 15 is 0 Å². The summed E-state index contributed by atoms with van der Waals surface area (Å²) < 4.78 is 0. The van der Waals surface area contributed by atoms with Crippen molar-refractivity contribution in [3.8, 4) is 0 Å². The Labute approximate surface area is 88.0 Å². The van der Waals surface area contributed by atoms with Crippen molar-refractivity contribution in [1.29, 1.82) is 0 Å². The minimum Gasteiger partial charge on any atom is -0.477 e. The predicted octanol–water partition coefficient (Wildman–Crippen LogP) is 2.54. The molecule has 78 valence electrons. The molecule has 4 heteroatoms. The number of thiophene rings is 1. The highest BCUT2D eigenvalue weighted by molar-refractivity contribution is 7.12. The third-order valence-electron chi connectivity index (χ3n) is 1.88. The molecule has 0 saturated carbocycles. The van der Waals surface area contributed by atoms with E-state index < -0.39 is 5.97 Å². The maximum absolute atomic E-state index is 10.7. The van der Waals surface area contributed by atoms with Crippen molar-refractivity contribution in [2.75, 3.05) is 18.5 Å². The van der Waals surface area contributed by atoms with Crippen LogP contribution in [0.4, 0.5) is 5.69 Å². The van der Waals surface area contributed by atoms with Gasteiger partial charge in [0.25, 0.3) is 0 Å². The van der Waals surface area contributed by atoms with E-state index in [0.717, 1.165) is 12.2 Å². The zero-order chi connectivity index (χ0) is 10.7. The van der Waals surface area contributed by atoms with Crippen LogP contribution in [0.25, 0.3) is 0 Å². The summed E-state index contributed by atoms with van der Waals surface area (Å²) in [6, 6.07) is 1.72. The monoisotopic (exact) mass is 213 g/mol. The SMILES string of the molecule is CC(C)CN(C)c1csc(C(=O)O)c1. The Morgan fingerprint density at radius 2 is 2.29 bits per heavy atom. The number of rotatable bonds is 4. The van der Waals surface area contributed by atoms with Crippen LogP contribution in [0.5, 0.6) is 0 Å². The summed E-state index contributed by atoms with van der Waals surface area (Å²) in [5.41, 5.74) is 0.987. The number of aromatic carboxylic acids is 1. The molecule has 1 N–H and O–H groups in total. The molecule has 0 aliphatic heterocycles. The molecule has 0 bridgehead atoms. The summed E-state index contributed by atoms with van der Waals surface area (Å²) >= 11 is 1.27. The molecule has 3 nitrogen and oxygen atoms in total. The molecule has 0 aliphatic rings. The van der Waals surface area contributed by atoms with Gasteiger partial charge in [0.15, 0.2) is 0 Å². The van der Waals surface area contributed by atoms with E-state index in [4.69, 9.17) is 5.11 Å². The number of hydrogen-bond acceptors (Lipinski definition) is 3. The van der Waals surface area contributed by atoms with E-state index in [1.807, 2.05) is 12.4 Å². The first-order valence-corrected chi connectivity index (χ1v) is 5.41. The van der Waals surface area contributed by atoms with E-state index in [1.54, 1.807) is 6.07 Å². The van der Waals surface area contributed by atoms with E-state index in [1.165, 1.54) is 11.3 Å². The summed E-state index contributed by atoms with van der Waals surface area (Å²) in [6.45, 7) is 5.22. The number of carboxylic acid groups (broad SMARTS) is 1. The van der Waals surface area contributed by atoms with Gasteiger partial charge in [0, 0.05) is 24.7 Å². The zero-order valence-corrected chi connectivity index (χ0v) is 9.47. The maximum Gasteiger partial charge on any atom is 0.345 e. The minimum absolute atomic E-state index is 0.399. The van der Waals surface area contributed by atoms with Crippen LogP contribution in [0.2, 0.25) is 0 Å². The molecule has 1 rings (SSSR count). The van der Waals surface area contributed by atoms with Gasteiger partial charge in [-0.05, 0) is 12.0 Å². The summed E-state index contributed by atoms with van der Waals surface area (Å²) in [6.07, 6.45) is 0. The molecule has 0 aromatic carbocycles. The van der Waals surface area contributed by atoms with Gasteiger partial charge < -0.3 is 10.0 Å². The summed E-state index contributed by atoms with van der Waals surface area (Å²) in [4.78, 5) is 13.1. The lowest BCUT2D eigenvalue weighted by molar-refractivity contribution is 0.0702. The number of hydrogen-bond donors (Lipinski definition) is 1. The second-order valence-electron chi connectivity index (χ2n) is 3.75. The van der Waals surface area contributed by atoms with Crippen molar-refractivity contribution in [3.63, 3.8) is 0 Å². The van der Waals surface area contributed by atoms with Gasteiger partial charge >= 0.3 is 5.97 Å². The van der Waals surface area contributed by atoms with Crippen LogP contribution in [0.3, 0.4) is 0 Å². The number of carbonyl (C=O) groups is 1. The molecule has 0 unspecified atom stereocenters. The lowest BCUT2D eigenvalue weighted by Gasteiger charge is -2.19. The lowest BCUT2D eigenvalue weighted by Crippen LogP contribution is -2.21.